The molecule has 6 heteroatoms. The van der Waals surface area contributed by atoms with Crippen LogP contribution in [-0.4, -0.2) is 77.8 Å². The Balaban J connectivity index is 1.53. The molecule has 6 nitrogen and oxygen atoms in total. The highest BCUT2D eigenvalue weighted by Crippen LogP contribution is 2.29. The van der Waals surface area contributed by atoms with E-state index in [-0.39, 0.29) is 12.5 Å². The molecule has 2 aliphatic rings. The Bertz CT molecular complexity index is 801. The Morgan fingerprint density at radius 2 is 2.07 bits per heavy atom. The van der Waals surface area contributed by atoms with Crippen LogP contribution in [0.2, 0.25) is 0 Å². The normalized spacial score (nSPS) is 23.8. The van der Waals surface area contributed by atoms with Crippen molar-refractivity contribution >= 4 is 16.7 Å². The van der Waals surface area contributed by atoms with Gasteiger partial charge in [-0.1, -0.05) is 12.1 Å². The minimum absolute atomic E-state index is 0.103. The maximum Gasteiger partial charge on any atom is 0.254 e. The van der Waals surface area contributed by atoms with E-state index in [9.17, 15) is 9.90 Å². The van der Waals surface area contributed by atoms with Gasteiger partial charge in [0.1, 0.15) is 0 Å². The van der Waals surface area contributed by atoms with E-state index in [0.29, 0.717) is 12.0 Å². The zero-order chi connectivity index (χ0) is 19.3. The summed E-state index contributed by atoms with van der Waals surface area (Å²) in [5.41, 5.74) is 0.755. The van der Waals surface area contributed by atoms with Crippen LogP contribution in [0.4, 0.5) is 0 Å². The third kappa shape index (κ3) is 4.04. The van der Waals surface area contributed by atoms with E-state index in [1.165, 1.54) is 0 Å². The number of carbonyl (C=O) groups is 1. The molecule has 150 valence electrons. The molecule has 0 radical (unpaired) electrons. The average Bonchev–Trinajstić information content (AvgIpc) is 2.77. The number of amides is 1. The largest absolute Gasteiger partial charge is 0.396 e. The van der Waals surface area contributed by atoms with Crippen LogP contribution >= 0.6 is 0 Å². The van der Waals surface area contributed by atoms with Gasteiger partial charge in [0.2, 0.25) is 0 Å². The van der Waals surface area contributed by atoms with Crippen LogP contribution in [0.15, 0.2) is 36.7 Å². The number of carbonyl (C=O) groups excluding carboxylic acids is 1. The van der Waals surface area contributed by atoms with Crippen molar-refractivity contribution in [2.75, 3.05) is 46.0 Å². The summed E-state index contributed by atoms with van der Waals surface area (Å²) in [7, 11) is 0. The number of piperidine rings is 1. The van der Waals surface area contributed by atoms with Crippen LogP contribution in [0.1, 0.15) is 29.6 Å². The molecule has 0 saturated carbocycles. The fourth-order valence-electron chi connectivity index (χ4n) is 4.71. The number of hydrogen-bond donors (Lipinski definition) is 1. The first kappa shape index (κ1) is 19.3. The molecule has 0 spiro atoms. The number of pyridine rings is 1. The Kier molecular flexibility index (Phi) is 6.20. The number of aliphatic hydroxyl groups is 1. The van der Waals surface area contributed by atoms with Crippen LogP contribution in [-0.2, 0) is 4.74 Å². The number of hydrogen-bond acceptors (Lipinski definition) is 5. The summed E-state index contributed by atoms with van der Waals surface area (Å²) < 4.78 is 5.51. The minimum atomic E-state index is 0.103. The molecule has 1 N–H and O–H groups in total. The van der Waals surface area contributed by atoms with Gasteiger partial charge in [0.05, 0.1) is 13.2 Å². The smallest absolute Gasteiger partial charge is 0.254 e. The molecule has 0 aliphatic carbocycles. The second kappa shape index (κ2) is 8.99. The summed E-state index contributed by atoms with van der Waals surface area (Å²) in [5, 5.41) is 11.3. The zero-order valence-corrected chi connectivity index (χ0v) is 16.3. The van der Waals surface area contributed by atoms with Crippen LogP contribution < -0.4 is 0 Å². The molecule has 1 aromatic carbocycles. The fraction of sp³-hybridized carbons (Fsp3) is 0.545. The zero-order valence-electron chi connectivity index (χ0n) is 16.3. The Morgan fingerprint density at radius 1 is 1.21 bits per heavy atom. The first-order valence-electron chi connectivity index (χ1n) is 10.3. The highest BCUT2D eigenvalue weighted by atomic mass is 16.5. The molecule has 1 aromatic heterocycles. The van der Waals surface area contributed by atoms with Gasteiger partial charge in [-0.2, -0.15) is 0 Å². The van der Waals surface area contributed by atoms with E-state index in [4.69, 9.17) is 4.74 Å². The van der Waals surface area contributed by atoms with Gasteiger partial charge in [-0.05, 0) is 42.7 Å². The summed E-state index contributed by atoms with van der Waals surface area (Å²) in [6.45, 7) is 5.23. The summed E-state index contributed by atoms with van der Waals surface area (Å²) >= 11 is 0. The molecular formula is C22H29N3O3. The molecule has 4 rings (SSSR count). The van der Waals surface area contributed by atoms with Crippen molar-refractivity contribution in [3.8, 4) is 0 Å². The Hall–Kier alpha value is -2.02. The van der Waals surface area contributed by atoms with E-state index in [1.807, 2.05) is 29.2 Å². The highest BCUT2D eigenvalue weighted by Gasteiger charge is 2.35. The van der Waals surface area contributed by atoms with E-state index >= 15 is 0 Å². The van der Waals surface area contributed by atoms with Gasteiger partial charge in [0.25, 0.3) is 5.91 Å². The monoisotopic (exact) mass is 383 g/mol. The van der Waals surface area contributed by atoms with Crippen molar-refractivity contribution in [2.24, 2.45) is 5.92 Å². The first-order valence-corrected chi connectivity index (χ1v) is 10.3. The average molecular weight is 383 g/mol. The van der Waals surface area contributed by atoms with Crippen molar-refractivity contribution < 1.29 is 14.6 Å². The number of aliphatic hydroxyl groups excluding tert-OH is 1. The van der Waals surface area contributed by atoms with Gasteiger partial charge in [-0.25, -0.2) is 0 Å². The molecule has 0 bridgehead atoms. The molecule has 2 fully saturated rings. The lowest BCUT2D eigenvalue weighted by molar-refractivity contribution is -0.0196. The molecule has 2 saturated heterocycles. The summed E-state index contributed by atoms with van der Waals surface area (Å²) in [5.74, 6) is 0.491. The van der Waals surface area contributed by atoms with E-state index in [0.717, 1.165) is 75.0 Å². The van der Waals surface area contributed by atoms with Gasteiger partial charge < -0.3 is 14.7 Å². The van der Waals surface area contributed by atoms with Crippen LogP contribution in [0.5, 0.6) is 0 Å². The molecule has 2 aliphatic heterocycles. The van der Waals surface area contributed by atoms with Crippen molar-refractivity contribution in [1.29, 1.82) is 0 Å². The Labute approximate surface area is 166 Å². The standard InChI is InChI=1S/C22H29N3O3/c26-12-2-4-18-16-25(9-7-21(18)24-10-13-28-14-11-24)22(27)20-5-1-3-17-15-23-8-6-19(17)20/h1,3,5-6,8,15,18,21,26H,2,4,7,9-14,16H2/t18-,21+/m1/s1. The lowest BCUT2D eigenvalue weighted by atomic mass is 9.86. The van der Waals surface area contributed by atoms with Crippen molar-refractivity contribution in [2.45, 2.75) is 25.3 Å². The summed E-state index contributed by atoms with van der Waals surface area (Å²) in [6, 6.07) is 8.24. The summed E-state index contributed by atoms with van der Waals surface area (Å²) in [6.07, 6.45) is 6.26. The van der Waals surface area contributed by atoms with Gasteiger partial charge in [0, 0.05) is 62.2 Å². The quantitative estimate of drug-likeness (QED) is 0.857. The number of nitrogens with zero attached hydrogens (tertiary/aromatic N) is 3. The number of ether oxygens (including phenoxy) is 1. The third-order valence-corrected chi connectivity index (χ3v) is 6.14. The van der Waals surface area contributed by atoms with Gasteiger partial charge in [-0.3, -0.25) is 14.7 Å². The van der Waals surface area contributed by atoms with Gasteiger partial charge >= 0.3 is 0 Å². The first-order chi connectivity index (χ1) is 13.8. The number of rotatable bonds is 5. The number of benzene rings is 1. The predicted molar refractivity (Wildman–Crippen MR) is 108 cm³/mol. The molecule has 0 unspecified atom stereocenters. The lowest BCUT2D eigenvalue weighted by Crippen LogP contribution is -2.55. The summed E-state index contributed by atoms with van der Waals surface area (Å²) in [4.78, 5) is 22.0. The molecule has 28 heavy (non-hydrogen) atoms. The van der Waals surface area contributed by atoms with Crippen molar-refractivity contribution in [3.63, 3.8) is 0 Å². The maximum absolute atomic E-state index is 13.3. The molecular weight excluding hydrogens is 354 g/mol. The number of aromatic nitrogens is 1. The number of likely N-dealkylation sites (tertiary alicyclic amines) is 1. The Morgan fingerprint density at radius 3 is 2.89 bits per heavy atom. The van der Waals surface area contributed by atoms with Crippen molar-refractivity contribution in [1.82, 2.24) is 14.8 Å². The highest BCUT2D eigenvalue weighted by molar-refractivity contribution is 6.06. The SMILES string of the molecule is O=C(c1cccc2cnccc12)N1CC[C@H](N2CCOCC2)[C@H](CCCO)C1. The second-order valence-electron chi connectivity index (χ2n) is 7.78. The predicted octanol–water partition coefficient (Wildman–Crippen LogP) is 2.17. The van der Waals surface area contributed by atoms with Crippen LogP contribution in [0.25, 0.3) is 10.8 Å². The van der Waals surface area contributed by atoms with E-state index in [1.54, 1.807) is 12.4 Å². The number of morpholine rings is 1. The van der Waals surface area contributed by atoms with Gasteiger partial charge in [-0.15, -0.1) is 0 Å². The van der Waals surface area contributed by atoms with Gasteiger partial charge in [0.15, 0.2) is 0 Å². The van der Waals surface area contributed by atoms with Crippen LogP contribution in [0, 0.1) is 5.92 Å². The molecule has 2 atom stereocenters. The molecule has 1 amide bonds. The lowest BCUT2D eigenvalue weighted by Gasteiger charge is -2.45. The van der Waals surface area contributed by atoms with Crippen LogP contribution in [0.3, 0.4) is 0 Å². The third-order valence-electron chi connectivity index (χ3n) is 6.14. The maximum atomic E-state index is 13.3. The second-order valence-corrected chi connectivity index (χ2v) is 7.78. The fourth-order valence-corrected chi connectivity index (χ4v) is 4.71. The van der Waals surface area contributed by atoms with E-state index in [2.05, 4.69) is 9.88 Å². The van der Waals surface area contributed by atoms with E-state index < -0.39 is 0 Å². The van der Waals surface area contributed by atoms with Crippen molar-refractivity contribution in [3.05, 3.63) is 42.2 Å². The molecule has 3 heterocycles. The topological polar surface area (TPSA) is 65.9 Å². The molecule has 2 aromatic rings. The number of fused-ring (bicyclic) bond motifs is 1. The minimum Gasteiger partial charge on any atom is -0.396 e.